The van der Waals surface area contributed by atoms with Crippen molar-refractivity contribution in [1.29, 1.82) is 0 Å². The molecule has 0 amide bonds. The van der Waals surface area contributed by atoms with Gasteiger partial charge in [-0.3, -0.25) is 24.1 Å². The van der Waals surface area contributed by atoms with E-state index in [4.69, 9.17) is 23.8 Å². The number of carbonyl (C=O) groups excluding carboxylic acids is 6. The molecule has 4 aromatic carbocycles. The Morgan fingerprint density at radius 1 is 0.554 bits per heavy atom. The molecule has 0 aliphatic rings. The van der Waals surface area contributed by atoms with E-state index in [2.05, 4.69) is 31.2 Å². The third kappa shape index (κ3) is 23.2. The van der Waals surface area contributed by atoms with Crippen molar-refractivity contribution in [2.24, 2.45) is 0 Å². The summed E-state index contributed by atoms with van der Waals surface area (Å²) in [5.41, 5.74) is -1.43. The fourth-order valence-corrected chi connectivity index (χ4v) is 4.37. The Kier molecular flexibility index (Phi) is 33.5. The molecule has 0 aromatic heterocycles. The highest BCUT2D eigenvalue weighted by Gasteiger charge is 2.26. The molecular formula is C51H70O14. The molecule has 4 aromatic rings. The molecule has 0 unspecified atom stereocenters. The highest BCUT2D eigenvalue weighted by atomic mass is 17.2. The molecule has 65 heavy (non-hydrogen) atoms. The molecule has 0 aliphatic carbocycles. The fourth-order valence-electron chi connectivity index (χ4n) is 4.37. The highest BCUT2D eigenvalue weighted by molar-refractivity contribution is 6.09. The molecule has 0 bridgehead atoms. The summed E-state index contributed by atoms with van der Waals surface area (Å²) in [6, 6.07) is 27.1. The fraction of sp³-hybridized carbons (Fsp3) is 0.294. The highest BCUT2D eigenvalue weighted by Crippen LogP contribution is 2.20. The van der Waals surface area contributed by atoms with E-state index in [1.54, 1.807) is 48.5 Å². The van der Waals surface area contributed by atoms with E-state index in [1.165, 1.54) is 76.2 Å². The molecule has 2 N–H and O–H groups in total. The van der Waals surface area contributed by atoms with Crippen LogP contribution in [0.1, 0.15) is 115 Å². The van der Waals surface area contributed by atoms with E-state index in [0.29, 0.717) is 39.5 Å². The van der Waals surface area contributed by atoms with Crippen LogP contribution < -0.4 is 14.4 Å². The van der Waals surface area contributed by atoms with Crippen molar-refractivity contribution < 1.29 is 67.7 Å². The molecule has 14 nitrogen and oxygen atoms in total. The summed E-state index contributed by atoms with van der Waals surface area (Å²) < 4.78 is 20.4. The lowest BCUT2D eigenvalue weighted by Crippen LogP contribution is -2.31. The Morgan fingerprint density at radius 2 is 0.923 bits per heavy atom. The Balaban J connectivity index is -0.000000368. The molecular weight excluding hydrogens is 837 g/mol. The van der Waals surface area contributed by atoms with Crippen LogP contribution in [0.4, 0.5) is 0 Å². The summed E-state index contributed by atoms with van der Waals surface area (Å²) in [6.45, 7) is 17.4. The van der Waals surface area contributed by atoms with Gasteiger partial charge in [0, 0.05) is 33.9 Å². The van der Waals surface area contributed by atoms with E-state index >= 15 is 0 Å². The predicted molar refractivity (Wildman–Crippen MR) is 256 cm³/mol. The molecule has 4 rings (SSSR count). The normalized spacial score (nSPS) is 9.45. The molecule has 0 heterocycles. The van der Waals surface area contributed by atoms with Crippen LogP contribution in [0.25, 0.3) is 0 Å². The third-order valence-corrected chi connectivity index (χ3v) is 7.39. The summed E-state index contributed by atoms with van der Waals surface area (Å²) in [5, 5.41) is 19.5. The standard InChI is InChI=1S/C27H30O10.C16H12O4.C2H4.6CH4/c1-17(25(31)37-16-35-21-12-8-19(9-13-21)24(30)27(4,5)33)14-22(28)36-15-34-20-10-6-18(7-11-20)23(29)26(2,3)32;1-2-15(17)20-19-14-10-8-13(9-11-14)16(18)12-6-4-3-5-7-12;1-2;;;;;;/h6-13,32-33H,1,14-16H2,2-5H3;2-11H,1H2;1-2H2;6*1H4. The summed E-state index contributed by atoms with van der Waals surface area (Å²) in [6.07, 6.45) is 0.558. The van der Waals surface area contributed by atoms with E-state index in [1.807, 2.05) is 6.07 Å². The van der Waals surface area contributed by atoms with Crippen LogP contribution in [-0.4, -0.2) is 70.3 Å². The SMILES string of the molecule is C.C.C.C.C.C.C=C.C=C(CC(=O)OCOc1ccc(C(=O)C(C)(C)O)cc1)C(=O)OCOc1ccc(C(=O)C(C)(C)O)cc1.C=CC(=O)OOc1ccc(C(=O)c2ccccc2)cc1. The lowest BCUT2D eigenvalue weighted by molar-refractivity contribution is -0.207. The maximum Gasteiger partial charge on any atom is 0.378 e. The van der Waals surface area contributed by atoms with Crippen molar-refractivity contribution in [2.75, 3.05) is 13.6 Å². The van der Waals surface area contributed by atoms with Gasteiger partial charge in [-0.05, 0) is 100 Å². The van der Waals surface area contributed by atoms with Gasteiger partial charge in [0.2, 0.25) is 13.6 Å². The van der Waals surface area contributed by atoms with Gasteiger partial charge >= 0.3 is 17.9 Å². The van der Waals surface area contributed by atoms with Crippen LogP contribution >= 0.6 is 0 Å². The smallest absolute Gasteiger partial charge is 0.378 e. The summed E-state index contributed by atoms with van der Waals surface area (Å²) in [7, 11) is 0. The number of ketones is 3. The zero-order valence-electron chi connectivity index (χ0n) is 33.1. The molecule has 0 spiro atoms. The van der Waals surface area contributed by atoms with Gasteiger partial charge in [0.1, 0.15) is 22.7 Å². The number of benzene rings is 4. The first-order valence-corrected chi connectivity index (χ1v) is 17.6. The number of ether oxygens (including phenoxy) is 4. The molecule has 0 aliphatic heterocycles. The number of carbonyl (C=O) groups is 6. The average molecular weight is 907 g/mol. The summed E-state index contributed by atoms with van der Waals surface area (Å²) >= 11 is 0. The van der Waals surface area contributed by atoms with Crippen LogP contribution in [-0.2, 0) is 28.7 Å². The lowest BCUT2D eigenvalue weighted by atomic mass is 9.97. The van der Waals surface area contributed by atoms with Crippen LogP contribution in [0, 0.1) is 0 Å². The van der Waals surface area contributed by atoms with E-state index in [-0.39, 0.29) is 55.9 Å². The predicted octanol–water partition coefficient (Wildman–Crippen LogP) is 10.6. The number of rotatable bonds is 18. The van der Waals surface area contributed by atoms with Gasteiger partial charge in [-0.2, -0.15) is 0 Å². The van der Waals surface area contributed by atoms with Crippen LogP contribution in [0.15, 0.2) is 141 Å². The number of hydrogen-bond donors (Lipinski definition) is 2. The van der Waals surface area contributed by atoms with Gasteiger partial charge in [0.15, 0.2) is 23.1 Å². The number of aliphatic hydroxyl groups is 2. The first kappa shape index (κ1) is 66.9. The van der Waals surface area contributed by atoms with Gasteiger partial charge in [-0.15, -0.1) is 13.2 Å². The Hall–Kier alpha value is -7.16. The zero-order chi connectivity index (χ0) is 44.2. The van der Waals surface area contributed by atoms with E-state index in [9.17, 15) is 39.0 Å². The molecule has 0 atom stereocenters. The minimum atomic E-state index is -1.50. The second-order valence-corrected chi connectivity index (χ2v) is 13.0. The van der Waals surface area contributed by atoms with Gasteiger partial charge in [-0.1, -0.05) is 88.0 Å². The Bertz CT molecular complexity index is 2060. The second-order valence-electron chi connectivity index (χ2n) is 13.0. The van der Waals surface area contributed by atoms with Gasteiger partial charge < -0.3 is 29.2 Å². The van der Waals surface area contributed by atoms with Crippen molar-refractivity contribution in [3.63, 3.8) is 0 Å². The number of Topliss-reactive ketones (excluding diaryl/α,β-unsaturated/α-hetero) is 2. The monoisotopic (exact) mass is 906 g/mol. The van der Waals surface area contributed by atoms with Crippen molar-refractivity contribution in [3.8, 4) is 17.2 Å². The molecule has 14 heteroatoms. The molecule has 0 saturated carbocycles. The number of esters is 2. The van der Waals surface area contributed by atoms with Crippen molar-refractivity contribution in [2.45, 2.75) is 89.9 Å². The Morgan fingerprint density at radius 3 is 1.32 bits per heavy atom. The van der Waals surface area contributed by atoms with E-state index < -0.39 is 60.7 Å². The molecule has 358 valence electrons. The average Bonchev–Trinajstić information content (AvgIpc) is 3.23. The lowest BCUT2D eigenvalue weighted by Gasteiger charge is -2.15. The first-order valence-electron chi connectivity index (χ1n) is 17.6. The zero-order valence-corrected chi connectivity index (χ0v) is 33.1. The minimum Gasteiger partial charge on any atom is -0.457 e. The first-order chi connectivity index (χ1) is 27.9. The van der Waals surface area contributed by atoms with E-state index in [0.717, 1.165) is 6.08 Å². The summed E-state index contributed by atoms with van der Waals surface area (Å²) in [5.74, 6) is -2.33. The van der Waals surface area contributed by atoms with Gasteiger partial charge in [-0.25, -0.2) is 14.5 Å². The van der Waals surface area contributed by atoms with Crippen LogP contribution in [0.3, 0.4) is 0 Å². The maximum atomic E-state index is 12.1. The van der Waals surface area contributed by atoms with Crippen molar-refractivity contribution in [3.05, 3.63) is 163 Å². The van der Waals surface area contributed by atoms with Crippen molar-refractivity contribution in [1.82, 2.24) is 0 Å². The van der Waals surface area contributed by atoms with Crippen molar-refractivity contribution >= 4 is 35.3 Å². The molecule has 0 saturated heterocycles. The Labute approximate surface area is 386 Å². The van der Waals surface area contributed by atoms with Gasteiger partial charge in [0.05, 0.1) is 6.42 Å². The van der Waals surface area contributed by atoms with Gasteiger partial charge in [0.25, 0.3) is 0 Å². The largest absolute Gasteiger partial charge is 0.457 e. The third-order valence-electron chi connectivity index (χ3n) is 7.39. The summed E-state index contributed by atoms with van der Waals surface area (Å²) in [4.78, 5) is 80.1. The minimum absolute atomic E-state index is 0. The number of hydrogen-bond acceptors (Lipinski definition) is 14. The molecule has 0 fully saturated rings. The topological polar surface area (TPSA) is 198 Å². The second kappa shape index (κ2) is 32.5. The maximum absolute atomic E-state index is 12.1. The quantitative estimate of drug-likeness (QED) is 0.0182. The molecule has 0 radical (unpaired) electrons. The van der Waals surface area contributed by atoms with Crippen LogP contribution in [0.5, 0.6) is 17.2 Å². The van der Waals surface area contributed by atoms with Crippen LogP contribution in [0.2, 0.25) is 0 Å².